The molecule has 2 aromatic rings. The Morgan fingerprint density at radius 2 is 2.19 bits per heavy atom. The number of sulfonamides is 1. The molecule has 2 heterocycles. The number of nitrogens with zero attached hydrogens (tertiary/aromatic N) is 2. The summed E-state index contributed by atoms with van der Waals surface area (Å²) in [7, 11) is -3.43. The maximum Gasteiger partial charge on any atom is 0.243 e. The first-order valence-electron chi connectivity index (χ1n) is 7.02. The Morgan fingerprint density at radius 3 is 3.00 bits per heavy atom. The molecule has 0 saturated carbocycles. The second-order valence-corrected chi connectivity index (χ2v) is 8.05. The molecule has 0 spiro atoms. The predicted octanol–water partition coefficient (Wildman–Crippen LogP) is 3.03. The van der Waals surface area contributed by atoms with Gasteiger partial charge < -0.3 is 0 Å². The van der Waals surface area contributed by atoms with E-state index in [1.807, 2.05) is 6.07 Å². The van der Waals surface area contributed by atoms with E-state index >= 15 is 0 Å². The van der Waals surface area contributed by atoms with Crippen LogP contribution >= 0.6 is 15.9 Å². The standard InChI is InChI=1S/C15H17BrN2O2S/c16-7-4-12-6-9-18(11-12)21(19,20)15-3-1-2-13-10-17-8-5-14(13)15/h1-3,5,8,10,12H,4,6-7,9,11H2. The van der Waals surface area contributed by atoms with Gasteiger partial charge >= 0.3 is 0 Å². The molecule has 6 heteroatoms. The van der Waals surface area contributed by atoms with E-state index < -0.39 is 10.0 Å². The summed E-state index contributed by atoms with van der Waals surface area (Å²) < 4.78 is 27.4. The van der Waals surface area contributed by atoms with Crippen LogP contribution in [0.3, 0.4) is 0 Å². The molecular weight excluding hydrogens is 352 g/mol. The summed E-state index contributed by atoms with van der Waals surface area (Å²) in [5.74, 6) is 0.454. The van der Waals surface area contributed by atoms with E-state index in [0.29, 0.717) is 23.9 Å². The Labute approximate surface area is 133 Å². The van der Waals surface area contributed by atoms with Crippen molar-refractivity contribution in [2.75, 3.05) is 18.4 Å². The number of benzene rings is 1. The van der Waals surface area contributed by atoms with E-state index in [9.17, 15) is 8.42 Å². The minimum absolute atomic E-state index is 0.391. The lowest BCUT2D eigenvalue weighted by Crippen LogP contribution is -2.29. The number of halogens is 1. The van der Waals surface area contributed by atoms with Crippen LogP contribution in [0.4, 0.5) is 0 Å². The summed E-state index contributed by atoms with van der Waals surface area (Å²) in [4.78, 5) is 4.45. The van der Waals surface area contributed by atoms with Crippen LogP contribution in [0.1, 0.15) is 12.8 Å². The maximum absolute atomic E-state index is 12.9. The number of hydrogen-bond donors (Lipinski definition) is 0. The van der Waals surface area contributed by atoms with Gasteiger partial charge in [-0.1, -0.05) is 28.1 Å². The third-order valence-corrected chi connectivity index (χ3v) is 6.41. The molecule has 1 unspecified atom stereocenters. The van der Waals surface area contributed by atoms with Crippen molar-refractivity contribution in [1.29, 1.82) is 0 Å². The van der Waals surface area contributed by atoms with E-state index in [-0.39, 0.29) is 0 Å². The Morgan fingerprint density at radius 1 is 1.33 bits per heavy atom. The Kier molecular flexibility index (Phi) is 4.28. The fourth-order valence-electron chi connectivity index (χ4n) is 2.86. The average Bonchev–Trinajstić information content (AvgIpc) is 2.96. The normalized spacial score (nSPS) is 20.1. The van der Waals surface area contributed by atoms with E-state index in [0.717, 1.165) is 28.9 Å². The van der Waals surface area contributed by atoms with Gasteiger partial charge in [0.25, 0.3) is 0 Å². The Bertz CT molecular complexity index is 743. The monoisotopic (exact) mass is 368 g/mol. The average molecular weight is 369 g/mol. The Balaban J connectivity index is 1.98. The zero-order chi connectivity index (χ0) is 14.9. The van der Waals surface area contributed by atoms with Crippen molar-refractivity contribution in [3.63, 3.8) is 0 Å². The zero-order valence-electron chi connectivity index (χ0n) is 11.6. The molecule has 1 aliphatic rings. The van der Waals surface area contributed by atoms with Gasteiger partial charge in [0.2, 0.25) is 10.0 Å². The van der Waals surface area contributed by atoms with Gasteiger partial charge in [-0.25, -0.2) is 8.42 Å². The molecule has 1 fully saturated rings. The number of fused-ring (bicyclic) bond motifs is 1. The molecule has 4 nitrogen and oxygen atoms in total. The zero-order valence-corrected chi connectivity index (χ0v) is 14.0. The SMILES string of the molecule is O=S(=O)(c1cccc2cnccc12)N1CCC(CCBr)C1. The largest absolute Gasteiger partial charge is 0.264 e. The molecule has 1 saturated heterocycles. The molecule has 0 aliphatic carbocycles. The molecular formula is C15H17BrN2O2S. The molecule has 0 N–H and O–H groups in total. The molecule has 3 rings (SSSR count). The van der Waals surface area contributed by atoms with Crippen molar-refractivity contribution >= 4 is 36.7 Å². The highest BCUT2D eigenvalue weighted by molar-refractivity contribution is 9.09. The number of alkyl halides is 1. The van der Waals surface area contributed by atoms with Crippen molar-refractivity contribution in [1.82, 2.24) is 9.29 Å². The first-order valence-corrected chi connectivity index (χ1v) is 9.58. The molecule has 112 valence electrons. The lowest BCUT2D eigenvalue weighted by atomic mass is 10.1. The van der Waals surface area contributed by atoms with Crippen molar-refractivity contribution < 1.29 is 8.42 Å². The molecule has 1 aromatic heterocycles. The molecule has 1 aliphatic heterocycles. The van der Waals surface area contributed by atoms with Gasteiger partial charge in [0.1, 0.15) is 0 Å². The molecule has 21 heavy (non-hydrogen) atoms. The van der Waals surface area contributed by atoms with Crippen LogP contribution in [0.15, 0.2) is 41.6 Å². The van der Waals surface area contributed by atoms with Crippen molar-refractivity contribution in [3.05, 3.63) is 36.7 Å². The lowest BCUT2D eigenvalue weighted by molar-refractivity contribution is 0.455. The summed E-state index contributed by atoms with van der Waals surface area (Å²) >= 11 is 3.43. The van der Waals surface area contributed by atoms with Crippen LogP contribution in [0.5, 0.6) is 0 Å². The van der Waals surface area contributed by atoms with Gasteiger partial charge in [-0.05, 0) is 30.9 Å². The number of aromatic nitrogens is 1. The smallest absolute Gasteiger partial charge is 0.243 e. The molecule has 0 radical (unpaired) electrons. The summed E-state index contributed by atoms with van der Waals surface area (Å²) in [6.45, 7) is 1.23. The van der Waals surface area contributed by atoms with Gasteiger partial charge in [-0.15, -0.1) is 0 Å². The number of pyridine rings is 1. The molecule has 1 aromatic carbocycles. The summed E-state index contributed by atoms with van der Waals surface area (Å²) in [5, 5.41) is 2.53. The predicted molar refractivity (Wildman–Crippen MR) is 87.0 cm³/mol. The van der Waals surface area contributed by atoms with Gasteiger partial charge in [-0.2, -0.15) is 4.31 Å². The fourth-order valence-corrected chi connectivity index (χ4v) is 5.26. The molecule has 0 bridgehead atoms. The third kappa shape index (κ3) is 2.84. The third-order valence-electron chi connectivity index (χ3n) is 4.02. The molecule has 0 amide bonds. The summed E-state index contributed by atoms with van der Waals surface area (Å²) in [6, 6.07) is 7.13. The van der Waals surface area contributed by atoms with Crippen molar-refractivity contribution in [3.8, 4) is 0 Å². The van der Waals surface area contributed by atoms with Crippen LogP contribution in [-0.2, 0) is 10.0 Å². The van der Waals surface area contributed by atoms with Crippen molar-refractivity contribution in [2.45, 2.75) is 17.7 Å². The Hall–Kier alpha value is -0.980. The lowest BCUT2D eigenvalue weighted by Gasteiger charge is -2.17. The summed E-state index contributed by atoms with van der Waals surface area (Å²) in [5.41, 5.74) is 0. The quantitative estimate of drug-likeness (QED) is 0.779. The maximum atomic E-state index is 12.9. The van der Waals surface area contributed by atoms with E-state index in [1.165, 1.54) is 0 Å². The van der Waals surface area contributed by atoms with Crippen LogP contribution in [0.2, 0.25) is 0 Å². The van der Waals surface area contributed by atoms with Gasteiger partial charge in [-0.3, -0.25) is 4.98 Å². The number of rotatable bonds is 4. The van der Waals surface area contributed by atoms with Crippen LogP contribution in [0, 0.1) is 5.92 Å². The van der Waals surface area contributed by atoms with Gasteiger partial charge in [0.15, 0.2) is 0 Å². The second-order valence-electron chi connectivity index (χ2n) is 5.35. The van der Waals surface area contributed by atoms with E-state index in [2.05, 4.69) is 20.9 Å². The van der Waals surface area contributed by atoms with Gasteiger partial charge in [0, 0.05) is 41.6 Å². The molecule has 1 atom stereocenters. The van der Waals surface area contributed by atoms with E-state index in [4.69, 9.17) is 0 Å². The van der Waals surface area contributed by atoms with Gasteiger partial charge in [0.05, 0.1) is 4.90 Å². The first kappa shape index (κ1) is 14.9. The van der Waals surface area contributed by atoms with E-state index in [1.54, 1.807) is 34.9 Å². The highest BCUT2D eigenvalue weighted by atomic mass is 79.9. The van der Waals surface area contributed by atoms with Crippen LogP contribution in [0.25, 0.3) is 10.8 Å². The minimum Gasteiger partial charge on any atom is -0.264 e. The van der Waals surface area contributed by atoms with Crippen LogP contribution < -0.4 is 0 Å². The summed E-state index contributed by atoms with van der Waals surface area (Å²) in [6.07, 6.45) is 5.30. The highest BCUT2D eigenvalue weighted by Gasteiger charge is 2.32. The number of hydrogen-bond acceptors (Lipinski definition) is 3. The second kappa shape index (κ2) is 6.02. The fraction of sp³-hybridized carbons (Fsp3) is 0.400. The van der Waals surface area contributed by atoms with Crippen LogP contribution in [-0.4, -0.2) is 36.1 Å². The minimum atomic E-state index is -3.43. The topological polar surface area (TPSA) is 50.3 Å². The highest BCUT2D eigenvalue weighted by Crippen LogP contribution is 2.30. The van der Waals surface area contributed by atoms with Crippen molar-refractivity contribution in [2.24, 2.45) is 5.92 Å². The first-order chi connectivity index (χ1) is 10.1.